The molecule has 0 bridgehead atoms. The molecule has 0 saturated carbocycles. The Morgan fingerprint density at radius 1 is 0.773 bits per heavy atom. The van der Waals surface area contributed by atoms with Crippen LogP contribution in [0.4, 0.5) is 0 Å². The van der Waals surface area contributed by atoms with Gasteiger partial charge in [0.25, 0.3) is 0 Å². The van der Waals surface area contributed by atoms with Crippen molar-refractivity contribution in [2.75, 3.05) is 0 Å². The van der Waals surface area contributed by atoms with Gasteiger partial charge in [-0.25, -0.2) is 0 Å². The van der Waals surface area contributed by atoms with Crippen molar-refractivity contribution in [3.05, 3.63) is 29.6 Å². The molecule has 1 nitrogen and oxygen atoms in total. The average molecular weight is 326 g/mol. The Hall–Kier alpha value is -0.560. The summed E-state index contributed by atoms with van der Waals surface area (Å²) in [6.45, 7) is 4.41. The lowest BCUT2D eigenvalue weighted by molar-refractivity contribution is 0.544. The summed E-state index contributed by atoms with van der Waals surface area (Å²) in [5, 5.41) is 0. The molecule has 0 fully saturated rings. The van der Waals surface area contributed by atoms with Gasteiger partial charge >= 0.3 is 0 Å². The summed E-state index contributed by atoms with van der Waals surface area (Å²) in [5.74, 6) is 0. The average Bonchev–Trinajstić information content (AvgIpc) is 2.50. The maximum absolute atomic E-state index is 4.35. The van der Waals surface area contributed by atoms with Crippen LogP contribution >= 0.6 is 12.4 Å². The van der Waals surface area contributed by atoms with Gasteiger partial charge in [-0.3, -0.25) is 4.98 Å². The van der Waals surface area contributed by atoms with Crippen LogP contribution < -0.4 is 0 Å². The van der Waals surface area contributed by atoms with E-state index in [2.05, 4.69) is 31.0 Å². The minimum atomic E-state index is 0. The minimum absolute atomic E-state index is 0. The zero-order valence-corrected chi connectivity index (χ0v) is 15.6. The van der Waals surface area contributed by atoms with Crippen LogP contribution in [0.25, 0.3) is 0 Å². The molecular weight excluding hydrogens is 290 g/mol. The van der Waals surface area contributed by atoms with Gasteiger partial charge in [-0.05, 0) is 31.4 Å². The number of aryl methyl sites for hydroxylation is 2. The maximum atomic E-state index is 4.35. The number of hydrogen-bond donors (Lipinski definition) is 0. The molecule has 0 amide bonds. The van der Waals surface area contributed by atoms with E-state index in [-0.39, 0.29) is 12.4 Å². The summed E-state index contributed by atoms with van der Waals surface area (Å²) >= 11 is 0. The number of rotatable bonds is 13. The minimum Gasteiger partial charge on any atom is -0.261 e. The van der Waals surface area contributed by atoms with Gasteiger partial charge in [0.1, 0.15) is 0 Å². The van der Waals surface area contributed by atoms with Crippen LogP contribution in [0.3, 0.4) is 0 Å². The van der Waals surface area contributed by atoms with Crippen molar-refractivity contribution in [2.24, 2.45) is 0 Å². The van der Waals surface area contributed by atoms with Crippen molar-refractivity contribution in [1.82, 2.24) is 4.98 Å². The summed E-state index contributed by atoms with van der Waals surface area (Å²) in [6, 6.07) is 4.28. The predicted molar refractivity (Wildman–Crippen MR) is 101 cm³/mol. The van der Waals surface area contributed by atoms with E-state index in [1.807, 2.05) is 6.20 Å². The fraction of sp³-hybridized carbons (Fsp3) is 0.750. The van der Waals surface area contributed by atoms with E-state index in [9.17, 15) is 0 Å². The first-order valence-corrected chi connectivity index (χ1v) is 9.25. The highest BCUT2D eigenvalue weighted by Crippen LogP contribution is 2.14. The molecule has 128 valence electrons. The highest BCUT2D eigenvalue weighted by atomic mass is 35.5. The normalized spacial score (nSPS) is 10.5. The molecule has 22 heavy (non-hydrogen) atoms. The SMILES string of the molecule is CCCCCCCCCCCCCCc1cccnc1C.Cl. The molecule has 0 aliphatic carbocycles. The predicted octanol–water partition coefficient (Wildman–Crippen LogP) is 7.06. The smallest absolute Gasteiger partial charge is 0.0404 e. The van der Waals surface area contributed by atoms with Crippen LogP contribution in [0.1, 0.15) is 95.2 Å². The van der Waals surface area contributed by atoms with Crippen molar-refractivity contribution in [3.8, 4) is 0 Å². The van der Waals surface area contributed by atoms with E-state index < -0.39 is 0 Å². The molecule has 2 heteroatoms. The van der Waals surface area contributed by atoms with Gasteiger partial charge in [0, 0.05) is 11.9 Å². The summed E-state index contributed by atoms with van der Waals surface area (Å²) in [4.78, 5) is 4.35. The third-order valence-corrected chi connectivity index (χ3v) is 4.42. The van der Waals surface area contributed by atoms with Crippen LogP contribution in [0.2, 0.25) is 0 Å². The number of halogens is 1. The number of nitrogens with zero attached hydrogens (tertiary/aromatic N) is 1. The summed E-state index contributed by atoms with van der Waals surface area (Å²) in [6.07, 6.45) is 20.1. The van der Waals surface area contributed by atoms with E-state index in [0.29, 0.717) is 0 Å². The molecule has 0 unspecified atom stereocenters. The maximum Gasteiger partial charge on any atom is 0.0404 e. The van der Waals surface area contributed by atoms with Gasteiger partial charge in [-0.2, -0.15) is 0 Å². The second-order valence-corrected chi connectivity index (χ2v) is 6.39. The largest absolute Gasteiger partial charge is 0.261 e. The summed E-state index contributed by atoms with van der Waals surface area (Å²) in [5.41, 5.74) is 2.64. The van der Waals surface area contributed by atoms with E-state index in [0.717, 1.165) is 0 Å². The van der Waals surface area contributed by atoms with Crippen molar-refractivity contribution in [2.45, 2.75) is 97.3 Å². The van der Waals surface area contributed by atoms with E-state index in [1.54, 1.807) is 0 Å². The van der Waals surface area contributed by atoms with Gasteiger partial charge in [-0.15, -0.1) is 12.4 Å². The standard InChI is InChI=1S/C20H35N.ClH/c1-3-4-5-6-7-8-9-10-11-12-13-14-16-20-17-15-18-21-19(20)2;/h15,17-18H,3-14,16H2,1-2H3;1H. The Bertz CT molecular complexity index is 351. The van der Waals surface area contributed by atoms with Gasteiger partial charge in [-0.1, -0.05) is 83.6 Å². The number of unbranched alkanes of at least 4 members (excludes halogenated alkanes) is 11. The molecule has 0 aromatic carbocycles. The number of aromatic nitrogens is 1. The lowest BCUT2D eigenvalue weighted by atomic mass is 10.0. The molecule has 0 aliphatic heterocycles. The quantitative estimate of drug-likeness (QED) is 0.354. The zero-order chi connectivity index (χ0) is 15.2. The van der Waals surface area contributed by atoms with Gasteiger partial charge < -0.3 is 0 Å². The Morgan fingerprint density at radius 2 is 1.27 bits per heavy atom. The second kappa shape index (κ2) is 15.3. The van der Waals surface area contributed by atoms with Crippen LogP contribution in [-0.2, 0) is 6.42 Å². The van der Waals surface area contributed by atoms with Crippen LogP contribution in [0.15, 0.2) is 18.3 Å². The van der Waals surface area contributed by atoms with Crippen molar-refractivity contribution in [1.29, 1.82) is 0 Å². The molecule has 0 spiro atoms. The lowest BCUT2D eigenvalue weighted by Gasteiger charge is -2.05. The first-order chi connectivity index (χ1) is 10.3. The molecule has 1 aromatic heterocycles. The first-order valence-electron chi connectivity index (χ1n) is 9.25. The first kappa shape index (κ1) is 21.4. The zero-order valence-electron chi connectivity index (χ0n) is 14.8. The third-order valence-electron chi connectivity index (χ3n) is 4.42. The number of hydrogen-bond acceptors (Lipinski definition) is 1. The van der Waals surface area contributed by atoms with Crippen molar-refractivity contribution >= 4 is 12.4 Å². The molecule has 0 radical (unpaired) electrons. The highest BCUT2D eigenvalue weighted by molar-refractivity contribution is 5.85. The molecule has 1 aromatic rings. The summed E-state index contributed by atoms with van der Waals surface area (Å²) < 4.78 is 0. The highest BCUT2D eigenvalue weighted by Gasteiger charge is 1.98. The van der Waals surface area contributed by atoms with E-state index >= 15 is 0 Å². The molecule has 1 rings (SSSR count). The van der Waals surface area contributed by atoms with Crippen molar-refractivity contribution < 1.29 is 0 Å². The molecule has 0 atom stereocenters. The lowest BCUT2D eigenvalue weighted by Crippen LogP contribution is -1.92. The van der Waals surface area contributed by atoms with Crippen molar-refractivity contribution in [3.63, 3.8) is 0 Å². The molecular formula is C20H36ClN. The van der Waals surface area contributed by atoms with Gasteiger partial charge in [0.2, 0.25) is 0 Å². The molecule has 0 saturated heterocycles. The Kier molecular flexibility index (Phi) is 14.9. The van der Waals surface area contributed by atoms with Crippen LogP contribution in [0, 0.1) is 6.92 Å². The number of pyridine rings is 1. The van der Waals surface area contributed by atoms with Crippen LogP contribution in [0.5, 0.6) is 0 Å². The second-order valence-electron chi connectivity index (χ2n) is 6.39. The molecule has 0 N–H and O–H groups in total. The Labute approximate surface area is 144 Å². The van der Waals surface area contributed by atoms with Gasteiger partial charge in [0.05, 0.1) is 0 Å². The fourth-order valence-electron chi connectivity index (χ4n) is 2.94. The van der Waals surface area contributed by atoms with Crippen LogP contribution in [-0.4, -0.2) is 4.98 Å². The topological polar surface area (TPSA) is 12.9 Å². The van der Waals surface area contributed by atoms with Gasteiger partial charge in [0.15, 0.2) is 0 Å². The molecule has 1 heterocycles. The Balaban J connectivity index is 0.00000441. The van der Waals surface area contributed by atoms with E-state index in [4.69, 9.17) is 0 Å². The summed E-state index contributed by atoms with van der Waals surface area (Å²) in [7, 11) is 0. The van der Waals surface area contributed by atoms with E-state index in [1.165, 1.54) is 94.7 Å². The monoisotopic (exact) mass is 325 g/mol. The fourth-order valence-corrected chi connectivity index (χ4v) is 2.94. The Morgan fingerprint density at radius 3 is 1.77 bits per heavy atom. The molecule has 0 aliphatic rings. The third kappa shape index (κ3) is 11.1.